The molecule has 0 aliphatic carbocycles. The van der Waals surface area contributed by atoms with E-state index in [4.69, 9.17) is 4.74 Å². The molecule has 0 fully saturated rings. The van der Waals surface area contributed by atoms with Crippen molar-refractivity contribution in [2.24, 2.45) is 0 Å². The average Bonchev–Trinajstić information content (AvgIpc) is 2.54. The maximum Gasteiger partial charge on any atom is 0.179 e. The Morgan fingerprint density at radius 3 is 2.62 bits per heavy atom. The second-order valence-corrected chi connectivity index (χ2v) is 4.75. The number of nitrogens with one attached hydrogen (secondary N) is 1. The molecule has 1 N–H and O–H groups in total. The third kappa shape index (κ3) is 4.39. The van der Waals surface area contributed by atoms with Crippen LogP contribution in [0, 0.1) is 0 Å². The molecule has 0 amide bonds. The predicted molar refractivity (Wildman–Crippen MR) is 82.5 cm³/mol. The van der Waals surface area contributed by atoms with E-state index in [0.29, 0.717) is 18.7 Å². The largest absolute Gasteiger partial charge is 0.494 e. The number of benzene rings is 1. The van der Waals surface area contributed by atoms with E-state index in [0.717, 1.165) is 11.4 Å². The lowest BCUT2D eigenvalue weighted by Crippen LogP contribution is -2.33. The molecule has 110 valence electrons. The van der Waals surface area contributed by atoms with E-state index in [1.165, 1.54) is 0 Å². The number of hydrogen-bond donors (Lipinski definition) is 1. The molecule has 1 aromatic carbocycles. The van der Waals surface area contributed by atoms with Crippen molar-refractivity contribution in [1.82, 2.24) is 10.3 Å². The fourth-order valence-corrected chi connectivity index (χ4v) is 1.99. The maximum absolute atomic E-state index is 12.3. The molecule has 0 aliphatic rings. The van der Waals surface area contributed by atoms with Crippen molar-refractivity contribution in [3.8, 4) is 5.75 Å². The smallest absolute Gasteiger partial charge is 0.179 e. The first kappa shape index (κ1) is 15.2. The van der Waals surface area contributed by atoms with Gasteiger partial charge in [0, 0.05) is 18.3 Å². The fraction of sp³-hybridized carbons (Fsp3) is 0.294. The zero-order chi connectivity index (χ0) is 15.1. The lowest BCUT2D eigenvalue weighted by atomic mass is 10.1. The topological polar surface area (TPSA) is 51.2 Å². The van der Waals surface area contributed by atoms with Crippen LogP contribution in [0.2, 0.25) is 0 Å². The van der Waals surface area contributed by atoms with E-state index in [1.54, 1.807) is 18.3 Å². The van der Waals surface area contributed by atoms with Gasteiger partial charge < -0.3 is 10.1 Å². The highest BCUT2D eigenvalue weighted by molar-refractivity contribution is 5.99. The van der Waals surface area contributed by atoms with E-state index >= 15 is 0 Å². The number of rotatable bonds is 7. The molecule has 1 unspecified atom stereocenters. The molecule has 21 heavy (non-hydrogen) atoms. The van der Waals surface area contributed by atoms with Crippen molar-refractivity contribution in [3.05, 3.63) is 59.9 Å². The summed E-state index contributed by atoms with van der Waals surface area (Å²) in [6.45, 7) is 4.99. The molecular formula is C17H20N2O2. The van der Waals surface area contributed by atoms with Crippen LogP contribution >= 0.6 is 0 Å². The van der Waals surface area contributed by atoms with Crippen molar-refractivity contribution in [2.75, 3.05) is 6.61 Å². The van der Waals surface area contributed by atoms with Gasteiger partial charge in [-0.15, -0.1) is 0 Å². The molecule has 0 spiro atoms. The van der Waals surface area contributed by atoms with Gasteiger partial charge in [-0.05, 0) is 50.2 Å². The molecule has 0 saturated heterocycles. The highest BCUT2D eigenvalue weighted by atomic mass is 16.5. The van der Waals surface area contributed by atoms with Gasteiger partial charge in [0.2, 0.25) is 0 Å². The minimum atomic E-state index is -0.259. The number of carbonyl (C=O) groups excluding carboxylic acids is 1. The fourth-order valence-electron chi connectivity index (χ4n) is 1.99. The predicted octanol–water partition coefficient (Wildman–Crippen LogP) is 2.84. The molecule has 1 atom stereocenters. The average molecular weight is 284 g/mol. The highest BCUT2D eigenvalue weighted by Gasteiger charge is 2.14. The van der Waals surface area contributed by atoms with Crippen LogP contribution in [0.5, 0.6) is 5.75 Å². The number of nitrogens with zero attached hydrogens (tertiary/aromatic N) is 1. The summed E-state index contributed by atoms with van der Waals surface area (Å²) >= 11 is 0. The van der Waals surface area contributed by atoms with Crippen LogP contribution in [-0.2, 0) is 6.54 Å². The summed E-state index contributed by atoms with van der Waals surface area (Å²) in [6.07, 6.45) is 1.75. The summed E-state index contributed by atoms with van der Waals surface area (Å²) in [6, 6.07) is 12.7. The number of hydrogen-bond acceptors (Lipinski definition) is 4. The van der Waals surface area contributed by atoms with Gasteiger partial charge >= 0.3 is 0 Å². The van der Waals surface area contributed by atoms with Crippen LogP contribution in [0.25, 0.3) is 0 Å². The van der Waals surface area contributed by atoms with Crippen LogP contribution in [0.3, 0.4) is 0 Å². The molecule has 2 rings (SSSR count). The van der Waals surface area contributed by atoms with Gasteiger partial charge in [-0.3, -0.25) is 9.78 Å². The Morgan fingerprint density at radius 1 is 1.24 bits per heavy atom. The second kappa shape index (κ2) is 7.55. The Morgan fingerprint density at radius 2 is 2.00 bits per heavy atom. The lowest BCUT2D eigenvalue weighted by Gasteiger charge is -2.13. The van der Waals surface area contributed by atoms with Gasteiger partial charge in [0.1, 0.15) is 5.75 Å². The summed E-state index contributed by atoms with van der Waals surface area (Å²) in [5.74, 6) is 0.845. The highest BCUT2D eigenvalue weighted by Crippen LogP contribution is 2.13. The van der Waals surface area contributed by atoms with Crippen LogP contribution in [0.1, 0.15) is 29.9 Å². The van der Waals surface area contributed by atoms with Gasteiger partial charge in [-0.25, -0.2) is 0 Å². The van der Waals surface area contributed by atoms with E-state index in [-0.39, 0.29) is 11.8 Å². The molecule has 2 aromatic rings. The first-order chi connectivity index (χ1) is 10.2. The van der Waals surface area contributed by atoms with E-state index in [1.807, 2.05) is 44.2 Å². The van der Waals surface area contributed by atoms with Crippen molar-refractivity contribution in [1.29, 1.82) is 0 Å². The molecule has 1 heterocycles. The minimum absolute atomic E-state index is 0.0639. The van der Waals surface area contributed by atoms with Crippen LogP contribution in [-0.4, -0.2) is 23.4 Å². The first-order valence-corrected chi connectivity index (χ1v) is 7.11. The molecule has 4 nitrogen and oxygen atoms in total. The first-order valence-electron chi connectivity index (χ1n) is 7.11. The molecule has 0 radical (unpaired) electrons. The number of Topliss-reactive ketones (excluding diaryl/α,β-unsaturated/α-hetero) is 1. The second-order valence-electron chi connectivity index (χ2n) is 4.75. The Hall–Kier alpha value is -2.20. The van der Waals surface area contributed by atoms with Gasteiger partial charge in [0.25, 0.3) is 0 Å². The zero-order valence-electron chi connectivity index (χ0n) is 12.4. The standard InChI is InChI=1S/C17H20N2O2/c1-3-21-16-9-7-14(8-10-16)17(20)13(2)19-12-15-6-4-5-11-18-15/h4-11,13,19H,3,12H2,1-2H3. The Bertz CT molecular complexity index is 567. The van der Waals surface area contributed by atoms with Gasteiger partial charge in [-0.1, -0.05) is 6.07 Å². The van der Waals surface area contributed by atoms with E-state index < -0.39 is 0 Å². The quantitative estimate of drug-likeness (QED) is 0.794. The normalized spacial score (nSPS) is 11.9. The molecule has 0 bridgehead atoms. The Kier molecular flexibility index (Phi) is 5.46. The van der Waals surface area contributed by atoms with Gasteiger partial charge in [0.05, 0.1) is 18.3 Å². The number of ketones is 1. The van der Waals surface area contributed by atoms with Crippen LogP contribution in [0.4, 0.5) is 0 Å². The number of carbonyl (C=O) groups is 1. The SMILES string of the molecule is CCOc1ccc(C(=O)C(C)NCc2ccccn2)cc1. The van der Waals surface area contributed by atoms with Crippen LogP contribution < -0.4 is 10.1 Å². The third-order valence-corrected chi connectivity index (χ3v) is 3.16. The summed E-state index contributed by atoms with van der Waals surface area (Å²) in [5.41, 5.74) is 1.60. The summed E-state index contributed by atoms with van der Waals surface area (Å²) in [4.78, 5) is 16.5. The van der Waals surface area contributed by atoms with Crippen LogP contribution in [0.15, 0.2) is 48.7 Å². The lowest BCUT2D eigenvalue weighted by molar-refractivity contribution is 0.0950. The Balaban J connectivity index is 1.92. The van der Waals surface area contributed by atoms with E-state index in [2.05, 4.69) is 10.3 Å². The van der Waals surface area contributed by atoms with Crippen molar-refractivity contribution in [2.45, 2.75) is 26.4 Å². The summed E-state index contributed by atoms with van der Waals surface area (Å²) in [5, 5.41) is 3.19. The molecule has 1 aromatic heterocycles. The van der Waals surface area contributed by atoms with E-state index in [9.17, 15) is 4.79 Å². The molecule has 0 aliphatic heterocycles. The molecule has 4 heteroatoms. The van der Waals surface area contributed by atoms with Crippen molar-refractivity contribution >= 4 is 5.78 Å². The maximum atomic E-state index is 12.3. The third-order valence-electron chi connectivity index (χ3n) is 3.16. The molecule has 0 saturated carbocycles. The zero-order valence-corrected chi connectivity index (χ0v) is 12.4. The number of ether oxygens (including phenoxy) is 1. The van der Waals surface area contributed by atoms with Gasteiger partial charge in [-0.2, -0.15) is 0 Å². The minimum Gasteiger partial charge on any atom is -0.494 e. The number of aromatic nitrogens is 1. The summed E-state index contributed by atoms with van der Waals surface area (Å²) in [7, 11) is 0. The Labute approximate surface area is 125 Å². The molecular weight excluding hydrogens is 264 g/mol. The summed E-state index contributed by atoms with van der Waals surface area (Å²) < 4.78 is 5.37. The number of pyridine rings is 1. The van der Waals surface area contributed by atoms with Gasteiger partial charge in [0.15, 0.2) is 5.78 Å². The van der Waals surface area contributed by atoms with Crippen molar-refractivity contribution < 1.29 is 9.53 Å². The van der Waals surface area contributed by atoms with Crippen molar-refractivity contribution in [3.63, 3.8) is 0 Å². The monoisotopic (exact) mass is 284 g/mol.